The topological polar surface area (TPSA) is 49.4 Å². The molecule has 2 aromatic carbocycles. The molecule has 0 aliphatic carbocycles. The highest BCUT2D eigenvalue weighted by molar-refractivity contribution is 6.36. The maximum Gasteiger partial charge on any atom is 0.242 e. The van der Waals surface area contributed by atoms with Gasteiger partial charge in [0.1, 0.15) is 6.04 Å². The van der Waals surface area contributed by atoms with Crippen LogP contribution in [0.4, 0.5) is 0 Å². The van der Waals surface area contributed by atoms with Crippen molar-refractivity contribution in [3.63, 3.8) is 0 Å². The first kappa shape index (κ1) is 20.6. The lowest BCUT2D eigenvalue weighted by Crippen LogP contribution is -2.47. The SMILES string of the molecule is CNC(=O)[C@H](C)N(Cc1ccc(Cl)cc1)C(=O)Cc1c(Cl)cccc1Cl. The van der Waals surface area contributed by atoms with E-state index in [0.29, 0.717) is 20.6 Å². The van der Waals surface area contributed by atoms with Crippen molar-refractivity contribution in [1.29, 1.82) is 0 Å². The van der Waals surface area contributed by atoms with E-state index in [4.69, 9.17) is 34.8 Å². The zero-order valence-electron chi connectivity index (χ0n) is 14.4. The monoisotopic (exact) mass is 412 g/mol. The van der Waals surface area contributed by atoms with E-state index in [0.717, 1.165) is 5.56 Å². The summed E-state index contributed by atoms with van der Waals surface area (Å²) in [7, 11) is 1.54. The Labute approximate surface area is 168 Å². The molecule has 0 heterocycles. The molecule has 0 saturated heterocycles. The Kier molecular flexibility index (Phi) is 7.33. The fourth-order valence-corrected chi connectivity index (χ4v) is 3.19. The molecule has 4 nitrogen and oxygen atoms in total. The predicted molar refractivity (Wildman–Crippen MR) is 106 cm³/mol. The molecule has 0 fully saturated rings. The van der Waals surface area contributed by atoms with Gasteiger partial charge in [-0.25, -0.2) is 0 Å². The average Bonchev–Trinajstić information content (AvgIpc) is 2.63. The summed E-state index contributed by atoms with van der Waals surface area (Å²) in [6.07, 6.45) is 0.00737. The number of likely N-dealkylation sites (N-methyl/N-ethyl adjacent to an activating group) is 1. The summed E-state index contributed by atoms with van der Waals surface area (Å²) in [6.45, 7) is 1.95. The number of carbonyl (C=O) groups excluding carboxylic acids is 2. The molecule has 26 heavy (non-hydrogen) atoms. The quantitative estimate of drug-likeness (QED) is 0.765. The van der Waals surface area contributed by atoms with Crippen LogP contribution in [0.25, 0.3) is 0 Å². The summed E-state index contributed by atoms with van der Waals surface area (Å²) < 4.78 is 0. The molecule has 138 valence electrons. The second-order valence-electron chi connectivity index (χ2n) is 5.82. The van der Waals surface area contributed by atoms with E-state index < -0.39 is 6.04 Å². The van der Waals surface area contributed by atoms with Crippen molar-refractivity contribution in [3.8, 4) is 0 Å². The van der Waals surface area contributed by atoms with Gasteiger partial charge in [-0.05, 0) is 42.3 Å². The highest BCUT2D eigenvalue weighted by Crippen LogP contribution is 2.26. The highest BCUT2D eigenvalue weighted by atomic mass is 35.5. The van der Waals surface area contributed by atoms with Crippen LogP contribution in [-0.2, 0) is 22.6 Å². The molecule has 2 amide bonds. The Morgan fingerprint density at radius 2 is 1.62 bits per heavy atom. The lowest BCUT2D eigenvalue weighted by atomic mass is 10.1. The molecule has 0 bridgehead atoms. The zero-order chi connectivity index (χ0) is 19.3. The van der Waals surface area contributed by atoms with Crippen LogP contribution in [0.3, 0.4) is 0 Å². The summed E-state index contributed by atoms with van der Waals surface area (Å²) in [4.78, 5) is 26.6. The van der Waals surface area contributed by atoms with Gasteiger partial charge in [-0.2, -0.15) is 0 Å². The van der Waals surface area contributed by atoms with Crippen LogP contribution < -0.4 is 5.32 Å². The van der Waals surface area contributed by atoms with Gasteiger partial charge in [0.25, 0.3) is 0 Å². The van der Waals surface area contributed by atoms with E-state index in [1.165, 1.54) is 11.9 Å². The molecule has 0 aliphatic rings. The number of rotatable bonds is 6. The van der Waals surface area contributed by atoms with Crippen LogP contribution in [0.2, 0.25) is 15.1 Å². The van der Waals surface area contributed by atoms with E-state index in [1.807, 2.05) is 12.1 Å². The van der Waals surface area contributed by atoms with Crippen molar-refractivity contribution in [2.45, 2.75) is 25.9 Å². The van der Waals surface area contributed by atoms with Crippen molar-refractivity contribution >= 4 is 46.6 Å². The van der Waals surface area contributed by atoms with Crippen molar-refractivity contribution in [2.75, 3.05) is 7.05 Å². The Morgan fingerprint density at radius 3 is 2.15 bits per heavy atom. The minimum atomic E-state index is -0.649. The third-order valence-corrected chi connectivity index (χ3v) is 5.03. The minimum Gasteiger partial charge on any atom is -0.357 e. The van der Waals surface area contributed by atoms with Gasteiger partial charge in [0.2, 0.25) is 11.8 Å². The first-order valence-electron chi connectivity index (χ1n) is 8.02. The number of hydrogen-bond donors (Lipinski definition) is 1. The van der Waals surface area contributed by atoms with Gasteiger partial charge in [0.15, 0.2) is 0 Å². The summed E-state index contributed by atoms with van der Waals surface area (Å²) in [5, 5.41) is 4.02. The molecule has 0 aliphatic heterocycles. The maximum atomic E-state index is 13.0. The third-order valence-electron chi connectivity index (χ3n) is 4.07. The van der Waals surface area contributed by atoms with Gasteiger partial charge in [0, 0.05) is 28.7 Å². The van der Waals surface area contributed by atoms with Crippen LogP contribution >= 0.6 is 34.8 Å². The number of nitrogens with one attached hydrogen (secondary N) is 1. The predicted octanol–water partition coefficient (Wildman–Crippen LogP) is 4.35. The van der Waals surface area contributed by atoms with E-state index in [-0.39, 0.29) is 24.8 Å². The second-order valence-corrected chi connectivity index (χ2v) is 7.07. The van der Waals surface area contributed by atoms with Crippen LogP contribution in [-0.4, -0.2) is 29.8 Å². The maximum absolute atomic E-state index is 13.0. The van der Waals surface area contributed by atoms with Gasteiger partial charge < -0.3 is 10.2 Å². The molecule has 0 spiro atoms. The van der Waals surface area contributed by atoms with Gasteiger partial charge in [-0.1, -0.05) is 53.0 Å². The van der Waals surface area contributed by atoms with E-state index in [9.17, 15) is 9.59 Å². The molecule has 1 N–H and O–H groups in total. The second kappa shape index (κ2) is 9.26. The molecule has 0 unspecified atom stereocenters. The van der Waals surface area contributed by atoms with Gasteiger partial charge in [-0.3, -0.25) is 9.59 Å². The molecule has 0 aromatic heterocycles. The number of carbonyl (C=O) groups is 2. The third kappa shape index (κ3) is 5.13. The molecular formula is C19H19Cl3N2O2. The molecule has 1 atom stereocenters. The number of halogens is 3. The van der Waals surface area contributed by atoms with E-state index in [1.54, 1.807) is 37.3 Å². The molecule has 0 radical (unpaired) electrons. The number of nitrogens with zero attached hydrogens (tertiary/aromatic N) is 1. The molecule has 0 saturated carbocycles. The summed E-state index contributed by atoms with van der Waals surface area (Å²) >= 11 is 18.3. The summed E-state index contributed by atoms with van der Waals surface area (Å²) in [5.74, 6) is -0.497. The Morgan fingerprint density at radius 1 is 1.04 bits per heavy atom. The fourth-order valence-electron chi connectivity index (χ4n) is 2.53. The lowest BCUT2D eigenvalue weighted by molar-refractivity contribution is -0.139. The van der Waals surface area contributed by atoms with Crippen molar-refractivity contribution in [1.82, 2.24) is 10.2 Å². The first-order valence-corrected chi connectivity index (χ1v) is 9.15. The number of benzene rings is 2. The van der Waals surface area contributed by atoms with Crippen molar-refractivity contribution < 1.29 is 9.59 Å². The van der Waals surface area contributed by atoms with Crippen LogP contribution in [0.1, 0.15) is 18.1 Å². The first-order chi connectivity index (χ1) is 12.3. The van der Waals surface area contributed by atoms with Crippen LogP contribution in [0.15, 0.2) is 42.5 Å². The zero-order valence-corrected chi connectivity index (χ0v) is 16.7. The average molecular weight is 414 g/mol. The summed E-state index contributed by atoms with van der Waals surface area (Å²) in [5.41, 5.74) is 1.41. The van der Waals surface area contributed by atoms with Crippen LogP contribution in [0, 0.1) is 0 Å². The van der Waals surface area contributed by atoms with Gasteiger partial charge >= 0.3 is 0 Å². The summed E-state index contributed by atoms with van der Waals surface area (Å²) in [6, 6.07) is 11.6. The number of hydrogen-bond acceptors (Lipinski definition) is 2. The Balaban J connectivity index is 2.28. The molecular weight excluding hydrogens is 395 g/mol. The Bertz CT molecular complexity index is 774. The smallest absolute Gasteiger partial charge is 0.242 e. The fraction of sp³-hybridized carbons (Fsp3) is 0.263. The largest absolute Gasteiger partial charge is 0.357 e. The normalized spacial score (nSPS) is 11.7. The lowest BCUT2D eigenvalue weighted by Gasteiger charge is -2.28. The van der Waals surface area contributed by atoms with Crippen molar-refractivity contribution in [2.24, 2.45) is 0 Å². The van der Waals surface area contributed by atoms with Gasteiger partial charge in [-0.15, -0.1) is 0 Å². The van der Waals surface area contributed by atoms with Gasteiger partial charge in [0.05, 0.1) is 6.42 Å². The molecule has 7 heteroatoms. The highest BCUT2D eigenvalue weighted by Gasteiger charge is 2.26. The van der Waals surface area contributed by atoms with Crippen LogP contribution in [0.5, 0.6) is 0 Å². The standard InChI is InChI=1S/C19H19Cl3N2O2/c1-12(19(26)23-2)24(11-13-6-8-14(20)9-7-13)18(25)10-15-16(21)4-3-5-17(15)22/h3-9,12H,10-11H2,1-2H3,(H,23,26)/t12-/m0/s1. The Hall–Kier alpha value is -1.75. The van der Waals surface area contributed by atoms with E-state index in [2.05, 4.69) is 5.32 Å². The number of amides is 2. The molecule has 2 rings (SSSR count). The molecule has 2 aromatic rings. The minimum absolute atomic E-state index is 0.00737. The van der Waals surface area contributed by atoms with E-state index >= 15 is 0 Å². The van der Waals surface area contributed by atoms with Crippen molar-refractivity contribution in [3.05, 3.63) is 68.7 Å².